The SMILES string of the molecule is CCN1CCC(c2nc3n(n2)CCCC3CO)CC1. The van der Waals surface area contributed by atoms with Crippen molar-refractivity contribution in [3.8, 4) is 0 Å². The summed E-state index contributed by atoms with van der Waals surface area (Å²) in [6, 6.07) is 0. The first-order valence-corrected chi connectivity index (χ1v) is 7.59. The first-order chi connectivity index (χ1) is 9.31. The number of likely N-dealkylation sites (tertiary alicyclic amines) is 1. The standard InChI is InChI=1S/C14H24N4O/c1-2-17-8-5-11(6-9-17)13-15-14-12(10-19)4-3-7-18(14)16-13/h11-12,19H,2-10H2,1H3. The van der Waals surface area contributed by atoms with Crippen molar-refractivity contribution in [2.75, 3.05) is 26.2 Å². The fourth-order valence-corrected chi connectivity index (χ4v) is 3.31. The maximum Gasteiger partial charge on any atom is 0.154 e. The Morgan fingerprint density at radius 1 is 1.21 bits per heavy atom. The molecule has 1 fully saturated rings. The van der Waals surface area contributed by atoms with Crippen molar-refractivity contribution in [3.63, 3.8) is 0 Å². The number of hydrogen-bond acceptors (Lipinski definition) is 4. The van der Waals surface area contributed by atoms with E-state index in [-0.39, 0.29) is 12.5 Å². The smallest absolute Gasteiger partial charge is 0.154 e. The molecule has 5 nitrogen and oxygen atoms in total. The number of fused-ring (bicyclic) bond motifs is 1. The maximum absolute atomic E-state index is 9.44. The third-order valence-corrected chi connectivity index (χ3v) is 4.62. The zero-order valence-electron chi connectivity index (χ0n) is 11.8. The summed E-state index contributed by atoms with van der Waals surface area (Å²) >= 11 is 0. The summed E-state index contributed by atoms with van der Waals surface area (Å²) in [5.74, 6) is 2.75. The lowest BCUT2D eigenvalue weighted by molar-refractivity contribution is 0.219. The normalized spacial score (nSPS) is 25.5. The number of nitrogens with zero attached hydrogens (tertiary/aromatic N) is 4. The fourth-order valence-electron chi connectivity index (χ4n) is 3.31. The molecule has 1 N–H and O–H groups in total. The largest absolute Gasteiger partial charge is 0.396 e. The third kappa shape index (κ3) is 2.54. The van der Waals surface area contributed by atoms with Crippen LogP contribution in [0.4, 0.5) is 0 Å². The molecule has 1 aromatic rings. The molecule has 0 aromatic carbocycles. The highest BCUT2D eigenvalue weighted by molar-refractivity contribution is 5.07. The van der Waals surface area contributed by atoms with E-state index in [1.165, 1.54) is 12.8 Å². The molecule has 1 unspecified atom stereocenters. The molecular formula is C14H24N4O. The average Bonchev–Trinajstić information content (AvgIpc) is 2.91. The van der Waals surface area contributed by atoms with E-state index in [1.54, 1.807) is 0 Å². The number of aromatic nitrogens is 3. The first-order valence-electron chi connectivity index (χ1n) is 7.59. The van der Waals surface area contributed by atoms with Gasteiger partial charge in [-0.2, -0.15) is 5.10 Å². The van der Waals surface area contributed by atoms with Gasteiger partial charge in [-0.1, -0.05) is 6.92 Å². The molecule has 1 atom stereocenters. The number of aliphatic hydroxyl groups excluding tert-OH is 1. The highest BCUT2D eigenvalue weighted by Crippen LogP contribution is 2.30. The van der Waals surface area contributed by atoms with Crippen molar-refractivity contribution in [1.82, 2.24) is 19.7 Å². The topological polar surface area (TPSA) is 54.2 Å². The lowest BCUT2D eigenvalue weighted by atomic mass is 9.96. The van der Waals surface area contributed by atoms with Crippen molar-refractivity contribution in [2.45, 2.75) is 51.0 Å². The van der Waals surface area contributed by atoms with E-state index in [1.807, 2.05) is 4.68 Å². The summed E-state index contributed by atoms with van der Waals surface area (Å²) in [5, 5.41) is 14.1. The predicted molar refractivity (Wildman–Crippen MR) is 73.2 cm³/mol. The highest BCUT2D eigenvalue weighted by Gasteiger charge is 2.28. The van der Waals surface area contributed by atoms with Crippen LogP contribution in [0.5, 0.6) is 0 Å². The van der Waals surface area contributed by atoms with Crippen LogP contribution in [0, 0.1) is 0 Å². The Morgan fingerprint density at radius 3 is 2.68 bits per heavy atom. The zero-order valence-corrected chi connectivity index (χ0v) is 11.8. The van der Waals surface area contributed by atoms with E-state index in [4.69, 9.17) is 10.1 Å². The van der Waals surface area contributed by atoms with Gasteiger partial charge in [-0.3, -0.25) is 0 Å². The van der Waals surface area contributed by atoms with Gasteiger partial charge in [0.25, 0.3) is 0 Å². The third-order valence-electron chi connectivity index (χ3n) is 4.62. The Hall–Kier alpha value is -0.940. The van der Waals surface area contributed by atoms with Crippen molar-refractivity contribution in [1.29, 1.82) is 0 Å². The molecule has 1 aromatic heterocycles. The second-order valence-corrected chi connectivity index (χ2v) is 5.78. The summed E-state index contributed by atoms with van der Waals surface area (Å²) in [5.41, 5.74) is 0. The molecule has 0 bridgehead atoms. The molecule has 3 rings (SSSR count). The highest BCUT2D eigenvalue weighted by atomic mass is 16.3. The molecule has 2 aliphatic rings. The monoisotopic (exact) mass is 264 g/mol. The van der Waals surface area contributed by atoms with E-state index < -0.39 is 0 Å². The van der Waals surface area contributed by atoms with Crippen LogP contribution in [0.3, 0.4) is 0 Å². The molecular weight excluding hydrogens is 240 g/mol. The van der Waals surface area contributed by atoms with Gasteiger partial charge in [0.1, 0.15) is 5.82 Å². The van der Waals surface area contributed by atoms with Gasteiger partial charge < -0.3 is 10.0 Å². The Bertz CT molecular complexity index is 423. The van der Waals surface area contributed by atoms with Gasteiger partial charge in [0, 0.05) is 18.4 Å². The van der Waals surface area contributed by atoms with E-state index >= 15 is 0 Å². The summed E-state index contributed by atoms with van der Waals surface area (Å²) in [6.45, 7) is 6.86. The van der Waals surface area contributed by atoms with E-state index in [0.29, 0.717) is 5.92 Å². The number of aliphatic hydroxyl groups is 1. The second-order valence-electron chi connectivity index (χ2n) is 5.78. The van der Waals surface area contributed by atoms with Crippen molar-refractivity contribution >= 4 is 0 Å². The maximum atomic E-state index is 9.44. The van der Waals surface area contributed by atoms with E-state index in [9.17, 15) is 5.11 Å². The van der Waals surface area contributed by atoms with E-state index in [2.05, 4.69) is 11.8 Å². The van der Waals surface area contributed by atoms with Crippen LogP contribution in [0.1, 0.15) is 56.1 Å². The minimum absolute atomic E-state index is 0.200. The fraction of sp³-hybridized carbons (Fsp3) is 0.857. The Kier molecular flexibility index (Phi) is 3.84. The molecule has 3 heterocycles. The Labute approximate surface area is 114 Å². The lowest BCUT2D eigenvalue weighted by Crippen LogP contribution is -2.32. The molecule has 2 aliphatic heterocycles. The lowest BCUT2D eigenvalue weighted by Gasteiger charge is -2.29. The van der Waals surface area contributed by atoms with Gasteiger partial charge in [-0.15, -0.1) is 0 Å². The van der Waals surface area contributed by atoms with E-state index in [0.717, 1.165) is 50.7 Å². The molecule has 0 radical (unpaired) electrons. The molecule has 0 aliphatic carbocycles. The van der Waals surface area contributed by atoms with Crippen LogP contribution >= 0.6 is 0 Å². The molecule has 1 saturated heterocycles. The van der Waals surface area contributed by atoms with Gasteiger partial charge >= 0.3 is 0 Å². The summed E-state index contributed by atoms with van der Waals surface area (Å²) in [4.78, 5) is 7.24. The Balaban J connectivity index is 1.74. The van der Waals surface area contributed by atoms with Crippen LogP contribution in [0.15, 0.2) is 0 Å². The number of aryl methyl sites for hydroxylation is 1. The van der Waals surface area contributed by atoms with Gasteiger partial charge in [-0.25, -0.2) is 9.67 Å². The van der Waals surface area contributed by atoms with Gasteiger partial charge in [0.15, 0.2) is 5.82 Å². The van der Waals surface area contributed by atoms with Crippen molar-refractivity contribution < 1.29 is 5.11 Å². The zero-order chi connectivity index (χ0) is 13.2. The van der Waals surface area contributed by atoms with Gasteiger partial charge in [0.2, 0.25) is 0 Å². The second kappa shape index (κ2) is 5.59. The first kappa shape index (κ1) is 13.1. The molecule has 5 heteroatoms. The van der Waals surface area contributed by atoms with Crippen LogP contribution in [0.2, 0.25) is 0 Å². The average molecular weight is 264 g/mol. The number of hydrogen-bond donors (Lipinski definition) is 1. The molecule has 19 heavy (non-hydrogen) atoms. The summed E-state index contributed by atoms with van der Waals surface area (Å²) < 4.78 is 2.03. The van der Waals surface area contributed by atoms with Crippen molar-refractivity contribution in [3.05, 3.63) is 11.6 Å². The molecule has 0 spiro atoms. The Morgan fingerprint density at radius 2 is 2.00 bits per heavy atom. The number of rotatable bonds is 3. The minimum Gasteiger partial charge on any atom is -0.396 e. The number of piperidine rings is 1. The summed E-state index contributed by atoms with van der Waals surface area (Å²) in [7, 11) is 0. The molecule has 0 saturated carbocycles. The molecule has 0 amide bonds. The van der Waals surface area contributed by atoms with Gasteiger partial charge in [-0.05, 0) is 45.3 Å². The quantitative estimate of drug-likeness (QED) is 0.895. The van der Waals surface area contributed by atoms with Crippen LogP contribution < -0.4 is 0 Å². The molecule has 106 valence electrons. The minimum atomic E-state index is 0.200. The van der Waals surface area contributed by atoms with Crippen LogP contribution in [-0.4, -0.2) is 51.0 Å². The van der Waals surface area contributed by atoms with Crippen LogP contribution in [0.25, 0.3) is 0 Å². The van der Waals surface area contributed by atoms with Crippen molar-refractivity contribution in [2.24, 2.45) is 0 Å². The summed E-state index contributed by atoms with van der Waals surface area (Å²) in [6.07, 6.45) is 4.49. The van der Waals surface area contributed by atoms with Gasteiger partial charge in [0.05, 0.1) is 6.61 Å². The predicted octanol–water partition coefficient (Wildman–Crippen LogP) is 1.35. The van der Waals surface area contributed by atoms with Crippen LogP contribution in [-0.2, 0) is 6.54 Å².